The number of hydrogen-bond donors (Lipinski definition) is 3. The van der Waals surface area contributed by atoms with Crippen LogP contribution in [0.15, 0.2) is 58.4 Å². The van der Waals surface area contributed by atoms with Crippen LogP contribution in [0.3, 0.4) is 0 Å². The molecule has 2 amide bonds. The van der Waals surface area contributed by atoms with Crippen LogP contribution in [0, 0.1) is 34.1 Å². The standard InChI is InChI=1S/C29H39F2N2O9P.C28H37F2N2O9P/c1-6-41-43(37,42-7-2)14-8-12-40-13-11-29(3)23(38-4)18-33-17-21(25(34)26(39-5)24(33)27(29)35)28(36)32-16-19-9-10-20(30)15-22(19)31;1-5-40-42(37,41-6-2)13-7-11-39-12-10-28(3)22(38-4)17-32-16-20(24(33)25(34)23(32)26(28)35)27(36)31-15-18-8-9-19(29)14-21(18)30/h9-10,15,17,23H,6-8,11-14,16,18H2,1-5H3,(H,32,36);8-9,14,16,22,34H,5-7,10-13,15,17H2,1-4H3,(H,31,36). The summed E-state index contributed by atoms with van der Waals surface area (Å²) < 4.78 is 131. The van der Waals surface area contributed by atoms with Crippen molar-refractivity contribution in [2.24, 2.45) is 10.8 Å². The average Bonchev–Trinajstić information content (AvgIpc) is 3.13. The number of nitrogens with zero attached hydrogens (tertiary/aromatic N) is 2. The van der Waals surface area contributed by atoms with Crippen molar-refractivity contribution in [3.05, 3.63) is 126 Å². The fourth-order valence-corrected chi connectivity index (χ4v) is 13.1. The number of carbonyl (C=O) groups is 4. The molecule has 0 aliphatic carbocycles. The summed E-state index contributed by atoms with van der Waals surface area (Å²) in [5, 5.41) is 15.6. The van der Waals surface area contributed by atoms with Crippen molar-refractivity contribution in [2.75, 3.05) is 86.5 Å². The lowest BCUT2D eigenvalue weighted by molar-refractivity contribution is -0.0293. The van der Waals surface area contributed by atoms with E-state index in [1.54, 1.807) is 41.5 Å². The number of aromatic nitrogens is 2. The summed E-state index contributed by atoms with van der Waals surface area (Å²) in [6, 6.07) is 5.81. The van der Waals surface area contributed by atoms with Gasteiger partial charge < -0.3 is 66.7 Å². The van der Waals surface area contributed by atoms with E-state index in [9.17, 15) is 60.6 Å². The molecule has 0 saturated carbocycles. The van der Waals surface area contributed by atoms with Gasteiger partial charge in [-0.1, -0.05) is 12.1 Å². The summed E-state index contributed by atoms with van der Waals surface area (Å²) in [6.07, 6.45) is 2.76. The van der Waals surface area contributed by atoms with Crippen molar-refractivity contribution in [2.45, 2.75) is 106 Å². The molecule has 4 atom stereocenters. The Hall–Kier alpha value is -5.92. The number of aromatic hydroxyl groups is 1. The number of amides is 2. The first kappa shape index (κ1) is 69.8. The summed E-state index contributed by atoms with van der Waals surface area (Å²) in [5.74, 6) is -7.12. The summed E-state index contributed by atoms with van der Waals surface area (Å²) >= 11 is 0. The SMILES string of the molecule is CCOP(=O)(CCCOCCC1(C)C(=O)c2c(O)c(=O)c(C(=O)NCc3ccc(F)cc3F)cn2CC1OC)OCC.CCOP(=O)(CCCOCCC1(C)C(=O)c2c(OC)c(=O)c(C(=O)NCc3ccc(F)cc3F)cn2CC1OC)OCC. The number of Topliss-reactive ketones (excluding diaryl/α,β-unsaturated/α-hetero) is 2. The fourth-order valence-electron chi connectivity index (χ4n) is 9.86. The summed E-state index contributed by atoms with van der Waals surface area (Å²) in [4.78, 5) is 79.4. The predicted octanol–water partition coefficient (Wildman–Crippen LogP) is 8.39. The minimum absolute atomic E-state index is 0.00111. The van der Waals surface area contributed by atoms with Gasteiger partial charge in [0.2, 0.25) is 10.9 Å². The van der Waals surface area contributed by atoms with E-state index in [2.05, 4.69) is 10.6 Å². The smallest absolute Gasteiger partial charge is 0.330 e. The van der Waals surface area contributed by atoms with Gasteiger partial charge in [0.25, 0.3) is 11.8 Å². The molecule has 3 N–H and O–H groups in total. The molecule has 22 nitrogen and oxygen atoms in total. The van der Waals surface area contributed by atoms with Crippen LogP contribution < -0.4 is 26.2 Å². The van der Waals surface area contributed by atoms with Gasteiger partial charge in [-0.2, -0.15) is 0 Å². The third kappa shape index (κ3) is 17.2. The number of pyridine rings is 2. The lowest BCUT2D eigenvalue weighted by Gasteiger charge is -2.41. The van der Waals surface area contributed by atoms with Gasteiger partial charge in [0.15, 0.2) is 23.1 Å². The lowest BCUT2D eigenvalue weighted by Crippen LogP contribution is -2.50. The van der Waals surface area contributed by atoms with E-state index in [4.69, 9.17) is 41.8 Å². The molecular formula is C57H76F4N4O18P2. The lowest BCUT2D eigenvalue weighted by atomic mass is 9.73. The first-order valence-corrected chi connectivity index (χ1v) is 31.1. The highest BCUT2D eigenvalue weighted by Crippen LogP contribution is 2.49. The van der Waals surface area contributed by atoms with Crippen LogP contribution in [-0.2, 0) is 72.4 Å². The van der Waals surface area contributed by atoms with E-state index in [0.29, 0.717) is 25.0 Å². The van der Waals surface area contributed by atoms with Gasteiger partial charge in [-0.15, -0.1) is 0 Å². The molecule has 0 saturated heterocycles. The first-order chi connectivity index (χ1) is 40.3. The van der Waals surface area contributed by atoms with Crippen LogP contribution in [0.25, 0.3) is 0 Å². The van der Waals surface area contributed by atoms with Crippen LogP contribution in [0.2, 0.25) is 0 Å². The van der Waals surface area contributed by atoms with E-state index in [1.165, 1.54) is 42.7 Å². The van der Waals surface area contributed by atoms with E-state index in [0.717, 1.165) is 24.4 Å². The zero-order chi connectivity index (χ0) is 62.9. The van der Waals surface area contributed by atoms with E-state index < -0.39 is 107 Å². The molecule has 2 aromatic carbocycles. The maximum atomic E-state index is 14.0. The maximum absolute atomic E-state index is 14.0. The number of hydrogen-bond acceptors (Lipinski definition) is 18. The van der Waals surface area contributed by atoms with Gasteiger partial charge in [-0.25, -0.2) is 17.6 Å². The number of rotatable bonds is 31. The van der Waals surface area contributed by atoms with Gasteiger partial charge in [-0.3, -0.25) is 37.9 Å². The number of methoxy groups -OCH3 is 3. The Balaban J connectivity index is 0.000000311. The summed E-state index contributed by atoms with van der Waals surface area (Å²) in [5.41, 5.74) is -5.12. The number of benzene rings is 2. The number of halogens is 4. The van der Waals surface area contributed by atoms with Crippen LogP contribution >= 0.6 is 15.2 Å². The minimum atomic E-state index is -3.19. The molecule has 4 aromatic rings. The predicted molar refractivity (Wildman–Crippen MR) is 303 cm³/mol. The van der Waals surface area contributed by atoms with Crippen molar-refractivity contribution in [3.8, 4) is 11.5 Å². The molecule has 0 radical (unpaired) electrons. The second kappa shape index (κ2) is 31.6. The van der Waals surface area contributed by atoms with Crippen LogP contribution in [0.5, 0.6) is 11.5 Å². The van der Waals surface area contributed by atoms with Gasteiger partial charge in [0.05, 0.1) is 82.0 Å². The van der Waals surface area contributed by atoms with Crippen molar-refractivity contribution in [1.29, 1.82) is 0 Å². The molecule has 2 aliphatic rings. The van der Waals surface area contributed by atoms with E-state index in [-0.39, 0.29) is 138 Å². The highest BCUT2D eigenvalue weighted by Gasteiger charge is 2.50. The van der Waals surface area contributed by atoms with Crippen LogP contribution in [-0.4, -0.2) is 136 Å². The second-order valence-electron chi connectivity index (χ2n) is 20.2. The van der Waals surface area contributed by atoms with E-state index in [1.807, 2.05) is 0 Å². The van der Waals surface area contributed by atoms with Crippen molar-refractivity contribution >= 4 is 38.6 Å². The Morgan fingerprint density at radius 3 is 1.38 bits per heavy atom. The van der Waals surface area contributed by atoms with Crippen LogP contribution in [0.4, 0.5) is 17.6 Å². The molecule has 0 bridgehead atoms. The Kier molecular flexibility index (Phi) is 26.0. The van der Waals surface area contributed by atoms with Gasteiger partial charge in [0, 0.05) is 89.4 Å². The van der Waals surface area contributed by atoms with Crippen LogP contribution in [0.1, 0.15) is 120 Å². The number of carbonyl (C=O) groups excluding carboxylic acids is 4. The first-order valence-electron chi connectivity index (χ1n) is 27.6. The molecule has 4 unspecified atom stereocenters. The minimum Gasteiger partial charge on any atom is -0.503 e. The molecule has 28 heteroatoms. The molecular weight excluding hydrogens is 1170 g/mol. The molecule has 0 spiro atoms. The number of nitrogens with one attached hydrogen (secondary N) is 2. The number of ether oxygens (including phenoxy) is 5. The molecule has 2 aromatic heterocycles. The zero-order valence-corrected chi connectivity index (χ0v) is 51.0. The van der Waals surface area contributed by atoms with Crippen molar-refractivity contribution < 1.29 is 92.8 Å². The molecule has 0 fully saturated rings. The van der Waals surface area contributed by atoms with Gasteiger partial charge in [0.1, 0.15) is 45.8 Å². The Morgan fingerprint density at radius 1 is 0.612 bits per heavy atom. The van der Waals surface area contributed by atoms with Gasteiger partial charge >= 0.3 is 15.2 Å². The third-order valence-electron chi connectivity index (χ3n) is 14.6. The third-order valence-corrected chi connectivity index (χ3v) is 18.9. The topological polar surface area (TPSA) is 274 Å². The zero-order valence-electron chi connectivity index (χ0n) is 49.2. The monoisotopic (exact) mass is 1240 g/mol. The second-order valence-corrected chi connectivity index (χ2v) is 24.5. The molecule has 470 valence electrons. The van der Waals surface area contributed by atoms with E-state index >= 15 is 0 Å². The Labute approximate surface area is 490 Å². The number of ketones is 2. The quantitative estimate of drug-likeness (QED) is 0.0242. The molecule has 6 rings (SSSR count). The average molecular weight is 1240 g/mol. The molecule has 4 heterocycles. The van der Waals surface area contributed by atoms with Gasteiger partial charge in [-0.05, 0) is 79.4 Å². The Bertz CT molecular complexity index is 3220. The summed E-state index contributed by atoms with van der Waals surface area (Å²) in [6.45, 7) is 11.8. The van der Waals surface area contributed by atoms with Crippen molar-refractivity contribution in [3.63, 3.8) is 0 Å². The van der Waals surface area contributed by atoms with Crippen molar-refractivity contribution in [1.82, 2.24) is 19.8 Å². The highest BCUT2D eigenvalue weighted by molar-refractivity contribution is 7.54. The molecule has 2 aliphatic heterocycles. The fraction of sp³-hybridized carbons (Fsp3) is 0.544. The Morgan fingerprint density at radius 2 is 1.00 bits per heavy atom. The maximum Gasteiger partial charge on any atom is 0.330 e. The summed E-state index contributed by atoms with van der Waals surface area (Å²) in [7, 11) is -2.25. The number of fused-ring (bicyclic) bond motifs is 2. The molecule has 85 heavy (non-hydrogen) atoms. The highest BCUT2D eigenvalue weighted by atomic mass is 31.2. The largest absolute Gasteiger partial charge is 0.503 e. The normalized spacial score (nSPS) is 18.5.